The van der Waals surface area contributed by atoms with E-state index in [2.05, 4.69) is 40.6 Å². The Morgan fingerprint density at radius 1 is 1.46 bits per heavy atom. The van der Waals surface area contributed by atoms with Gasteiger partial charge in [0.1, 0.15) is 0 Å². The molecule has 4 heteroatoms. The quantitative estimate of drug-likeness (QED) is 0.373. The van der Waals surface area contributed by atoms with Crippen molar-refractivity contribution in [1.82, 2.24) is 4.90 Å². The van der Waals surface area contributed by atoms with Crippen molar-refractivity contribution in [2.75, 3.05) is 20.1 Å². The molecule has 0 aliphatic carbocycles. The highest BCUT2D eigenvalue weighted by Gasteiger charge is 2.27. The third kappa shape index (κ3) is 3.14. The first-order valence-electron chi connectivity index (χ1n) is 4.50. The molecule has 0 unspecified atom stereocenters. The molecule has 0 atom stereocenters. The van der Waals surface area contributed by atoms with Gasteiger partial charge in [0.25, 0.3) is 0 Å². The van der Waals surface area contributed by atoms with Crippen LogP contribution in [-0.2, 0) is 4.84 Å². The summed E-state index contributed by atoms with van der Waals surface area (Å²) in [5, 5.41) is 3.26. The molecule has 1 rings (SSSR count). The van der Waals surface area contributed by atoms with E-state index in [1.807, 2.05) is 0 Å². The lowest BCUT2D eigenvalue weighted by Gasteiger charge is -2.34. The van der Waals surface area contributed by atoms with Gasteiger partial charge in [0.15, 0.2) is 0 Å². The van der Waals surface area contributed by atoms with Crippen molar-refractivity contribution >= 4 is 13.1 Å². The summed E-state index contributed by atoms with van der Waals surface area (Å²) in [6.07, 6.45) is 3.53. The van der Waals surface area contributed by atoms with Crippen molar-refractivity contribution < 1.29 is 4.84 Å². The Bertz CT molecular complexity index is 195. The average molecular weight is 183 g/mol. The summed E-state index contributed by atoms with van der Waals surface area (Å²) < 4.78 is 0. The molecule has 0 aromatic heterocycles. The smallest absolute Gasteiger partial charge is 0.207 e. The van der Waals surface area contributed by atoms with Crippen LogP contribution >= 0.6 is 0 Å². The van der Waals surface area contributed by atoms with E-state index < -0.39 is 0 Å². The topological polar surface area (TPSA) is 37.2 Å². The zero-order chi connectivity index (χ0) is 9.73. The highest BCUT2D eigenvalue weighted by atomic mass is 16.6. The van der Waals surface area contributed by atoms with E-state index in [1.165, 1.54) is 6.40 Å². The predicted molar refractivity (Wildman–Crippen MR) is 54.3 cm³/mol. The normalized spacial score (nSPS) is 23.2. The molecule has 0 bridgehead atoms. The lowest BCUT2D eigenvalue weighted by molar-refractivity contribution is 0.201. The van der Waals surface area contributed by atoms with Gasteiger partial charge in [-0.15, -0.1) is 0 Å². The first-order chi connectivity index (χ1) is 6.16. The Morgan fingerprint density at radius 2 is 2.08 bits per heavy atom. The Morgan fingerprint density at radius 3 is 2.62 bits per heavy atom. The summed E-state index contributed by atoms with van der Waals surface area (Å²) in [7, 11) is 2.13. The molecule has 0 N–H and O–H groups in total. The van der Waals surface area contributed by atoms with Crippen LogP contribution in [-0.4, -0.2) is 43.7 Å². The number of nitrogens with zero attached hydrogens (tertiary/aromatic N) is 3. The summed E-state index contributed by atoms with van der Waals surface area (Å²) in [6, 6.07) is 0. The summed E-state index contributed by atoms with van der Waals surface area (Å²) in [5.41, 5.74) is 0.0250. The van der Waals surface area contributed by atoms with Gasteiger partial charge in [-0.2, -0.15) is 0 Å². The third-order valence-electron chi connectivity index (χ3n) is 2.55. The predicted octanol–water partition coefficient (Wildman–Crippen LogP) is 1.13. The highest BCUT2D eigenvalue weighted by molar-refractivity contribution is 5.47. The van der Waals surface area contributed by atoms with E-state index in [9.17, 15) is 0 Å². The van der Waals surface area contributed by atoms with Crippen LogP contribution in [0.1, 0.15) is 19.8 Å². The standard InChI is InChI=1S/C9H17N3O/c1-9(11-8-13-10-2)4-6-12(3)7-5-9/h8H,2,4-7H2,1,3H3. The molecular weight excluding hydrogens is 166 g/mol. The summed E-state index contributed by atoms with van der Waals surface area (Å²) in [5.74, 6) is 0. The Hall–Kier alpha value is -0.900. The molecule has 74 valence electrons. The second-order valence-corrected chi connectivity index (χ2v) is 3.77. The van der Waals surface area contributed by atoms with E-state index >= 15 is 0 Å². The number of oxime groups is 1. The zero-order valence-electron chi connectivity index (χ0n) is 8.36. The number of aliphatic imine (C=N–C) groups is 1. The van der Waals surface area contributed by atoms with Crippen LogP contribution in [0.3, 0.4) is 0 Å². The molecule has 1 fully saturated rings. The summed E-state index contributed by atoms with van der Waals surface area (Å²) in [6.45, 7) is 7.53. The number of likely N-dealkylation sites (tertiary alicyclic amines) is 1. The van der Waals surface area contributed by atoms with E-state index in [0.29, 0.717) is 0 Å². The van der Waals surface area contributed by atoms with Gasteiger partial charge in [-0.1, -0.05) is 5.16 Å². The lowest BCUT2D eigenvalue weighted by Crippen LogP contribution is -2.39. The fourth-order valence-electron chi connectivity index (χ4n) is 1.41. The van der Waals surface area contributed by atoms with Crippen LogP contribution in [0.25, 0.3) is 0 Å². The van der Waals surface area contributed by atoms with E-state index in [-0.39, 0.29) is 5.54 Å². The minimum Gasteiger partial charge on any atom is -0.346 e. The maximum Gasteiger partial charge on any atom is 0.207 e. The SMILES string of the molecule is C=NOC=NC1(C)CCN(C)CC1. The van der Waals surface area contributed by atoms with Crippen molar-refractivity contribution in [3.63, 3.8) is 0 Å². The number of hydrogen-bond acceptors (Lipinski definition) is 4. The van der Waals surface area contributed by atoms with Gasteiger partial charge >= 0.3 is 0 Å². The maximum absolute atomic E-state index is 4.64. The fraction of sp³-hybridized carbons (Fsp3) is 0.778. The Kier molecular flexibility index (Phi) is 3.42. The van der Waals surface area contributed by atoms with Crippen molar-refractivity contribution in [1.29, 1.82) is 0 Å². The van der Waals surface area contributed by atoms with Crippen molar-refractivity contribution in [2.45, 2.75) is 25.3 Å². The van der Waals surface area contributed by atoms with Gasteiger partial charge in [0.2, 0.25) is 6.40 Å². The zero-order valence-corrected chi connectivity index (χ0v) is 8.36. The van der Waals surface area contributed by atoms with Crippen LogP contribution in [0, 0.1) is 0 Å². The largest absolute Gasteiger partial charge is 0.346 e. The molecule has 0 spiro atoms. The van der Waals surface area contributed by atoms with Crippen LogP contribution < -0.4 is 0 Å². The maximum atomic E-state index is 4.64. The molecule has 0 aromatic carbocycles. The molecule has 0 radical (unpaired) electrons. The third-order valence-corrected chi connectivity index (χ3v) is 2.55. The fourth-order valence-corrected chi connectivity index (χ4v) is 1.41. The van der Waals surface area contributed by atoms with Gasteiger partial charge in [-0.3, -0.25) is 0 Å². The van der Waals surface area contributed by atoms with Crippen molar-refractivity contribution in [3.8, 4) is 0 Å². The molecule has 1 aliphatic rings. The van der Waals surface area contributed by atoms with E-state index in [4.69, 9.17) is 0 Å². The first kappa shape index (κ1) is 10.2. The van der Waals surface area contributed by atoms with Gasteiger partial charge in [0.05, 0.1) is 5.54 Å². The molecule has 13 heavy (non-hydrogen) atoms. The van der Waals surface area contributed by atoms with Gasteiger partial charge in [-0.25, -0.2) is 4.99 Å². The highest BCUT2D eigenvalue weighted by Crippen LogP contribution is 2.24. The van der Waals surface area contributed by atoms with Crippen LogP contribution in [0.2, 0.25) is 0 Å². The monoisotopic (exact) mass is 183 g/mol. The molecule has 1 aliphatic heterocycles. The van der Waals surface area contributed by atoms with Crippen LogP contribution in [0.4, 0.5) is 0 Å². The molecular formula is C9H17N3O. The van der Waals surface area contributed by atoms with Crippen LogP contribution in [0.15, 0.2) is 10.1 Å². The number of piperidine rings is 1. The summed E-state index contributed by atoms with van der Waals surface area (Å²) in [4.78, 5) is 11.3. The number of rotatable bonds is 3. The van der Waals surface area contributed by atoms with Crippen LogP contribution in [0.5, 0.6) is 0 Å². The Labute approximate surface area is 79.3 Å². The Balaban J connectivity index is 2.42. The van der Waals surface area contributed by atoms with Gasteiger partial charge in [0, 0.05) is 19.8 Å². The minimum absolute atomic E-state index is 0.0250. The second-order valence-electron chi connectivity index (χ2n) is 3.77. The average Bonchev–Trinajstić information content (AvgIpc) is 2.12. The first-order valence-corrected chi connectivity index (χ1v) is 4.50. The van der Waals surface area contributed by atoms with E-state index in [0.717, 1.165) is 25.9 Å². The van der Waals surface area contributed by atoms with E-state index in [1.54, 1.807) is 0 Å². The molecule has 1 saturated heterocycles. The molecule has 0 aromatic rings. The van der Waals surface area contributed by atoms with Crippen molar-refractivity contribution in [2.24, 2.45) is 10.1 Å². The van der Waals surface area contributed by atoms with Gasteiger partial charge < -0.3 is 9.74 Å². The molecule has 4 nitrogen and oxygen atoms in total. The summed E-state index contributed by atoms with van der Waals surface area (Å²) >= 11 is 0. The van der Waals surface area contributed by atoms with Gasteiger partial charge in [-0.05, 0) is 26.8 Å². The lowest BCUT2D eigenvalue weighted by atomic mass is 9.91. The second kappa shape index (κ2) is 4.37. The number of hydrogen-bond donors (Lipinski definition) is 0. The van der Waals surface area contributed by atoms with Crippen molar-refractivity contribution in [3.05, 3.63) is 0 Å². The minimum atomic E-state index is 0.0250. The molecule has 0 amide bonds. The molecule has 1 heterocycles. The molecule has 0 saturated carbocycles.